The third-order valence-corrected chi connectivity index (χ3v) is 3.17. The molecule has 5 heteroatoms. The van der Waals surface area contributed by atoms with Crippen LogP contribution in [0.4, 0.5) is 4.79 Å². The van der Waals surface area contributed by atoms with Gasteiger partial charge in [-0.05, 0) is 39.2 Å². The summed E-state index contributed by atoms with van der Waals surface area (Å²) in [6.45, 7) is 5.48. The molecule has 122 valence electrons. The molecule has 1 rings (SSSR count). The summed E-state index contributed by atoms with van der Waals surface area (Å²) >= 11 is 0. The van der Waals surface area contributed by atoms with E-state index in [1.54, 1.807) is 27.8 Å². The van der Waals surface area contributed by atoms with Gasteiger partial charge in [0, 0.05) is 13.6 Å². The van der Waals surface area contributed by atoms with Gasteiger partial charge in [-0.25, -0.2) is 4.79 Å². The van der Waals surface area contributed by atoms with E-state index < -0.39 is 23.6 Å². The van der Waals surface area contributed by atoms with Crippen LogP contribution in [0.1, 0.15) is 32.8 Å². The van der Waals surface area contributed by atoms with Crippen molar-refractivity contribution in [1.82, 2.24) is 4.90 Å². The molecule has 1 unspecified atom stereocenters. The predicted octanol–water partition coefficient (Wildman–Crippen LogP) is 3.19. The number of nitrogens with zero attached hydrogens (tertiary/aromatic N) is 1. The normalized spacial score (nSPS) is 12.5. The maximum Gasteiger partial charge on any atom is 0.410 e. The number of carbonyl (C=O) groups excluding carboxylic acids is 1. The Labute approximate surface area is 131 Å². The number of rotatable bonds is 6. The van der Waals surface area contributed by atoms with Crippen molar-refractivity contribution in [3.05, 3.63) is 35.9 Å². The summed E-state index contributed by atoms with van der Waals surface area (Å²) in [5.74, 6) is -1.51. The van der Waals surface area contributed by atoms with E-state index in [1.165, 1.54) is 4.90 Å². The topological polar surface area (TPSA) is 66.8 Å². The number of aryl methyl sites for hydroxylation is 1. The van der Waals surface area contributed by atoms with Crippen molar-refractivity contribution in [3.8, 4) is 0 Å². The Morgan fingerprint density at radius 1 is 1.23 bits per heavy atom. The Bertz CT molecular complexity index is 493. The van der Waals surface area contributed by atoms with Gasteiger partial charge in [0.25, 0.3) is 0 Å². The number of carboxylic acids is 1. The molecule has 22 heavy (non-hydrogen) atoms. The third-order valence-electron chi connectivity index (χ3n) is 3.17. The summed E-state index contributed by atoms with van der Waals surface area (Å²) in [6, 6.07) is 9.72. The van der Waals surface area contributed by atoms with Crippen molar-refractivity contribution in [2.75, 3.05) is 13.6 Å². The molecule has 0 aliphatic rings. The number of carbonyl (C=O) groups is 2. The van der Waals surface area contributed by atoms with Crippen LogP contribution in [-0.2, 0) is 16.0 Å². The highest BCUT2D eigenvalue weighted by atomic mass is 16.6. The van der Waals surface area contributed by atoms with E-state index in [2.05, 4.69) is 0 Å². The number of hydrogen-bond donors (Lipinski definition) is 1. The Balaban J connectivity index is 2.57. The number of amides is 1. The van der Waals surface area contributed by atoms with Crippen LogP contribution in [0.2, 0.25) is 0 Å². The van der Waals surface area contributed by atoms with Crippen molar-refractivity contribution in [2.24, 2.45) is 5.92 Å². The fraction of sp³-hybridized carbons (Fsp3) is 0.529. The number of ether oxygens (including phenoxy) is 1. The van der Waals surface area contributed by atoms with Crippen LogP contribution in [0.25, 0.3) is 0 Å². The van der Waals surface area contributed by atoms with Gasteiger partial charge in [-0.15, -0.1) is 0 Å². The molecule has 0 bridgehead atoms. The van der Waals surface area contributed by atoms with Crippen LogP contribution in [0.15, 0.2) is 30.3 Å². The molecule has 0 radical (unpaired) electrons. The first-order chi connectivity index (χ1) is 10.2. The fourth-order valence-electron chi connectivity index (χ4n) is 2.02. The van der Waals surface area contributed by atoms with Crippen molar-refractivity contribution in [1.29, 1.82) is 0 Å². The number of hydrogen-bond acceptors (Lipinski definition) is 3. The molecule has 0 aliphatic carbocycles. The zero-order valence-corrected chi connectivity index (χ0v) is 13.7. The first-order valence-electron chi connectivity index (χ1n) is 7.40. The summed E-state index contributed by atoms with van der Waals surface area (Å²) in [5, 5.41) is 9.34. The second kappa shape index (κ2) is 7.82. The van der Waals surface area contributed by atoms with Gasteiger partial charge >= 0.3 is 12.1 Å². The fourth-order valence-corrected chi connectivity index (χ4v) is 2.02. The summed E-state index contributed by atoms with van der Waals surface area (Å²) in [7, 11) is 1.56. The van der Waals surface area contributed by atoms with Gasteiger partial charge < -0.3 is 14.7 Å². The van der Waals surface area contributed by atoms with Gasteiger partial charge in [0.15, 0.2) is 0 Å². The maximum absolute atomic E-state index is 11.9. The lowest BCUT2D eigenvalue weighted by molar-refractivity contribution is -0.142. The molecule has 1 aromatic rings. The van der Waals surface area contributed by atoms with Gasteiger partial charge in [0.1, 0.15) is 5.60 Å². The molecule has 0 aromatic heterocycles. The molecular formula is C17H25NO4. The first kappa shape index (κ1) is 18.0. The van der Waals surface area contributed by atoms with E-state index >= 15 is 0 Å². The van der Waals surface area contributed by atoms with Crippen LogP contribution in [0, 0.1) is 5.92 Å². The monoisotopic (exact) mass is 307 g/mol. The average Bonchev–Trinajstić information content (AvgIpc) is 2.42. The van der Waals surface area contributed by atoms with Crippen LogP contribution in [0.3, 0.4) is 0 Å². The molecule has 1 atom stereocenters. The SMILES string of the molecule is CN(CC(CCc1ccccc1)C(=O)O)C(=O)OC(C)(C)C. The third kappa shape index (κ3) is 6.61. The number of carboxylic acid groups (broad SMARTS) is 1. The van der Waals surface area contributed by atoms with Crippen molar-refractivity contribution < 1.29 is 19.4 Å². The van der Waals surface area contributed by atoms with Gasteiger partial charge in [0.05, 0.1) is 5.92 Å². The van der Waals surface area contributed by atoms with Crippen molar-refractivity contribution in [3.63, 3.8) is 0 Å². The zero-order chi connectivity index (χ0) is 16.8. The Morgan fingerprint density at radius 3 is 2.32 bits per heavy atom. The predicted molar refractivity (Wildman–Crippen MR) is 84.8 cm³/mol. The summed E-state index contributed by atoms with van der Waals surface area (Å²) < 4.78 is 5.24. The highest BCUT2D eigenvalue weighted by Gasteiger charge is 2.25. The van der Waals surface area contributed by atoms with E-state index in [-0.39, 0.29) is 6.54 Å². The Morgan fingerprint density at radius 2 is 1.82 bits per heavy atom. The van der Waals surface area contributed by atoms with Gasteiger partial charge in [-0.3, -0.25) is 4.79 Å². The molecule has 1 N–H and O–H groups in total. The second-order valence-corrected chi connectivity index (χ2v) is 6.42. The standard InChI is InChI=1S/C17H25NO4/c1-17(2,3)22-16(21)18(4)12-14(15(19)20)11-10-13-8-6-5-7-9-13/h5-9,14H,10-12H2,1-4H3,(H,19,20). The minimum absolute atomic E-state index is 0.136. The zero-order valence-electron chi connectivity index (χ0n) is 13.7. The van der Waals surface area contributed by atoms with Crippen molar-refractivity contribution in [2.45, 2.75) is 39.2 Å². The second-order valence-electron chi connectivity index (χ2n) is 6.42. The molecule has 1 amide bonds. The van der Waals surface area contributed by atoms with Gasteiger partial charge in [-0.1, -0.05) is 30.3 Å². The summed E-state index contributed by atoms with van der Waals surface area (Å²) in [4.78, 5) is 24.6. The smallest absolute Gasteiger partial charge is 0.410 e. The van der Waals surface area contributed by atoms with Crippen molar-refractivity contribution >= 4 is 12.1 Å². The van der Waals surface area contributed by atoms with Crippen LogP contribution in [0.5, 0.6) is 0 Å². The van der Waals surface area contributed by atoms with Gasteiger partial charge in [-0.2, -0.15) is 0 Å². The maximum atomic E-state index is 11.9. The number of benzene rings is 1. The highest BCUT2D eigenvalue weighted by molar-refractivity contribution is 5.72. The molecular weight excluding hydrogens is 282 g/mol. The van der Waals surface area contributed by atoms with E-state index in [9.17, 15) is 14.7 Å². The van der Waals surface area contributed by atoms with E-state index in [4.69, 9.17) is 4.74 Å². The lowest BCUT2D eigenvalue weighted by Crippen LogP contribution is -2.38. The molecule has 0 fully saturated rings. The minimum Gasteiger partial charge on any atom is -0.481 e. The van der Waals surface area contributed by atoms with Crippen LogP contribution in [-0.4, -0.2) is 41.3 Å². The molecule has 1 aromatic carbocycles. The quantitative estimate of drug-likeness (QED) is 0.876. The highest BCUT2D eigenvalue weighted by Crippen LogP contribution is 2.14. The summed E-state index contributed by atoms with van der Waals surface area (Å²) in [6.07, 6.45) is 0.644. The molecule has 0 saturated carbocycles. The van der Waals surface area contributed by atoms with Crippen LogP contribution < -0.4 is 0 Å². The van der Waals surface area contributed by atoms with E-state index in [0.29, 0.717) is 12.8 Å². The molecule has 0 aliphatic heterocycles. The molecule has 0 spiro atoms. The van der Waals surface area contributed by atoms with E-state index in [0.717, 1.165) is 5.56 Å². The van der Waals surface area contributed by atoms with Gasteiger partial charge in [0.2, 0.25) is 0 Å². The minimum atomic E-state index is -0.897. The molecule has 5 nitrogen and oxygen atoms in total. The largest absolute Gasteiger partial charge is 0.481 e. The van der Waals surface area contributed by atoms with E-state index in [1.807, 2.05) is 30.3 Å². The van der Waals surface area contributed by atoms with Crippen LogP contribution >= 0.6 is 0 Å². The Hall–Kier alpha value is -2.04. The molecule has 0 heterocycles. The lowest BCUT2D eigenvalue weighted by Gasteiger charge is -2.26. The lowest BCUT2D eigenvalue weighted by atomic mass is 9.99. The number of aliphatic carboxylic acids is 1. The Kier molecular flexibility index (Phi) is 6.40. The average molecular weight is 307 g/mol. The summed E-state index contributed by atoms with van der Waals surface area (Å²) in [5.41, 5.74) is 0.502. The first-order valence-corrected chi connectivity index (χ1v) is 7.40. The molecule has 0 saturated heterocycles.